The van der Waals surface area contributed by atoms with Crippen LogP contribution in [0.2, 0.25) is 0 Å². The minimum Gasteiger partial charge on any atom is -0.462 e. The summed E-state index contributed by atoms with van der Waals surface area (Å²) < 4.78 is 16.8. The van der Waals surface area contributed by atoms with Crippen LogP contribution >= 0.6 is 0 Å². The zero-order chi connectivity index (χ0) is 56.4. The highest BCUT2D eigenvalue weighted by molar-refractivity contribution is 5.71. The highest BCUT2D eigenvalue weighted by Gasteiger charge is 2.19. The summed E-state index contributed by atoms with van der Waals surface area (Å²) in [6, 6.07) is 0. The van der Waals surface area contributed by atoms with Crippen molar-refractivity contribution in [2.75, 3.05) is 13.2 Å². The summed E-state index contributed by atoms with van der Waals surface area (Å²) in [5.74, 6) is -0.980. The van der Waals surface area contributed by atoms with Gasteiger partial charge in [-0.2, -0.15) is 0 Å². The van der Waals surface area contributed by atoms with Crippen molar-refractivity contribution in [3.05, 3.63) is 85.1 Å². The second-order valence-corrected chi connectivity index (χ2v) is 22.3. The van der Waals surface area contributed by atoms with Gasteiger partial charge in [-0.3, -0.25) is 14.4 Å². The summed E-state index contributed by atoms with van der Waals surface area (Å²) >= 11 is 0. The predicted octanol–water partition coefficient (Wildman–Crippen LogP) is 23.1. The molecule has 0 N–H and O–H groups in total. The number of hydrogen-bond donors (Lipinski definition) is 0. The third-order valence-corrected chi connectivity index (χ3v) is 14.6. The SMILES string of the molecule is CC/C=C\C/C=C\C/C=C\C/C=C\CCC(=O)OCC(COC(=O)CCCCCCCCCCCCCCCCCCCCC/C=C\C/C=C\CCCCCCC)OC(=O)CCCCCCC/C=C\CCCCCCCCC. The molecule has 0 aromatic carbocycles. The summed E-state index contributed by atoms with van der Waals surface area (Å²) in [6.07, 6.45) is 87.8. The molecule has 6 heteroatoms. The van der Waals surface area contributed by atoms with E-state index in [0.29, 0.717) is 19.3 Å². The second-order valence-electron chi connectivity index (χ2n) is 22.3. The van der Waals surface area contributed by atoms with Crippen LogP contribution in [-0.4, -0.2) is 37.2 Å². The quantitative estimate of drug-likeness (QED) is 0.0261. The molecule has 0 bridgehead atoms. The van der Waals surface area contributed by atoms with Gasteiger partial charge in [0.05, 0.1) is 0 Å². The molecule has 0 fully saturated rings. The minimum atomic E-state index is -0.809. The Bertz CT molecular complexity index is 1480. The Morgan fingerprint density at radius 3 is 0.872 bits per heavy atom. The van der Waals surface area contributed by atoms with Crippen LogP contribution in [0.25, 0.3) is 0 Å². The van der Waals surface area contributed by atoms with Crippen molar-refractivity contribution in [2.24, 2.45) is 0 Å². The largest absolute Gasteiger partial charge is 0.462 e. The Hall–Kier alpha value is -3.41. The van der Waals surface area contributed by atoms with Crippen molar-refractivity contribution in [1.29, 1.82) is 0 Å². The molecule has 1 unspecified atom stereocenters. The number of unbranched alkanes of at least 4 members (excludes halogenated alkanes) is 36. The molecule has 0 saturated carbocycles. The van der Waals surface area contributed by atoms with Crippen LogP contribution in [0.4, 0.5) is 0 Å². The van der Waals surface area contributed by atoms with Crippen LogP contribution in [0.5, 0.6) is 0 Å². The topological polar surface area (TPSA) is 78.9 Å². The van der Waals surface area contributed by atoms with Gasteiger partial charge >= 0.3 is 17.9 Å². The zero-order valence-corrected chi connectivity index (χ0v) is 51.7. The molecular weight excluding hydrogens is 961 g/mol. The van der Waals surface area contributed by atoms with Gasteiger partial charge in [0.25, 0.3) is 0 Å². The molecule has 0 radical (unpaired) electrons. The molecule has 6 nitrogen and oxygen atoms in total. The van der Waals surface area contributed by atoms with E-state index in [2.05, 4.69) is 99.8 Å². The molecule has 0 saturated heterocycles. The molecule has 450 valence electrons. The van der Waals surface area contributed by atoms with Gasteiger partial charge in [-0.25, -0.2) is 0 Å². The van der Waals surface area contributed by atoms with Gasteiger partial charge in [0.15, 0.2) is 6.10 Å². The lowest BCUT2D eigenvalue weighted by Gasteiger charge is -2.18. The third-order valence-electron chi connectivity index (χ3n) is 14.6. The maximum atomic E-state index is 12.9. The Kier molecular flexibility index (Phi) is 63.2. The Labute approximate surface area is 484 Å². The first-order valence-electron chi connectivity index (χ1n) is 33.6. The lowest BCUT2D eigenvalue weighted by atomic mass is 10.0. The van der Waals surface area contributed by atoms with Crippen LogP contribution < -0.4 is 0 Å². The Balaban J connectivity index is 4.20. The molecule has 0 rings (SSSR count). The second kappa shape index (κ2) is 66.1. The molecule has 0 aliphatic rings. The van der Waals surface area contributed by atoms with Crippen molar-refractivity contribution in [1.82, 2.24) is 0 Å². The molecular formula is C72H126O6. The number of allylic oxidation sites excluding steroid dienone is 14. The maximum absolute atomic E-state index is 12.9. The smallest absolute Gasteiger partial charge is 0.306 e. The first kappa shape index (κ1) is 74.6. The van der Waals surface area contributed by atoms with Crippen LogP contribution in [-0.2, 0) is 28.6 Å². The van der Waals surface area contributed by atoms with E-state index in [1.165, 1.54) is 205 Å². The molecule has 1 atom stereocenters. The van der Waals surface area contributed by atoms with Gasteiger partial charge in [0.1, 0.15) is 13.2 Å². The first-order chi connectivity index (χ1) is 38.5. The zero-order valence-electron chi connectivity index (χ0n) is 51.7. The van der Waals surface area contributed by atoms with E-state index in [1.807, 2.05) is 6.08 Å². The number of esters is 3. The third kappa shape index (κ3) is 63.4. The van der Waals surface area contributed by atoms with Crippen LogP contribution in [0, 0.1) is 0 Å². The monoisotopic (exact) mass is 1090 g/mol. The van der Waals surface area contributed by atoms with E-state index in [4.69, 9.17) is 14.2 Å². The van der Waals surface area contributed by atoms with Gasteiger partial charge in [-0.15, -0.1) is 0 Å². The van der Waals surface area contributed by atoms with Crippen molar-refractivity contribution in [3.8, 4) is 0 Å². The molecule has 0 aromatic heterocycles. The minimum absolute atomic E-state index is 0.0992. The summed E-state index contributed by atoms with van der Waals surface area (Å²) in [6.45, 7) is 6.47. The molecule has 0 aliphatic carbocycles. The molecule has 0 heterocycles. The van der Waals surface area contributed by atoms with E-state index >= 15 is 0 Å². The maximum Gasteiger partial charge on any atom is 0.306 e. The Morgan fingerprint density at radius 2 is 0.526 bits per heavy atom. The fourth-order valence-electron chi connectivity index (χ4n) is 9.60. The standard InChI is InChI=1S/C72H126O6/c1-4-7-10-13-16-19-22-25-27-29-30-31-32-33-34-35-36-37-38-39-40-41-42-43-45-47-50-53-56-59-62-65-71(74)77-68-69(67-76-70(73)64-61-58-55-52-49-46-24-21-18-15-12-9-6-3)78-72(75)66-63-60-57-54-51-48-44-28-26-23-20-17-14-11-8-5-2/h9,12,18,21-22,25,28-30,44,46,49,55,58,69H,4-8,10-11,13-17,19-20,23-24,26-27,31-43,45,47-48,50-54,56-57,59-68H2,1-3H3/b12-9-,21-18-,25-22-,30-29-,44-28-,49-46-,58-55-. The van der Waals surface area contributed by atoms with Gasteiger partial charge in [-0.1, -0.05) is 298 Å². The molecule has 0 aromatic rings. The van der Waals surface area contributed by atoms with Crippen LogP contribution in [0.15, 0.2) is 85.1 Å². The van der Waals surface area contributed by atoms with Crippen molar-refractivity contribution in [2.45, 2.75) is 341 Å². The number of rotatable bonds is 61. The van der Waals surface area contributed by atoms with Crippen molar-refractivity contribution >= 4 is 17.9 Å². The molecule has 0 amide bonds. The van der Waals surface area contributed by atoms with E-state index in [9.17, 15) is 14.4 Å². The highest BCUT2D eigenvalue weighted by atomic mass is 16.6. The average molecular weight is 1090 g/mol. The van der Waals surface area contributed by atoms with E-state index in [0.717, 1.165) is 83.5 Å². The summed E-state index contributed by atoms with van der Waals surface area (Å²) in [5, 5.41) is 0. The normalized spacial score (nSPS) is 12.6. The average Bonchev–Trinajstić information content (AvgIpc) is 3.44. The lowest BCUT2D eigenvalue weighted by molar-refractivity contribution is -0.166. The summed E-state index contributed by atoms with van der Waals surface area (Å²) in [4.78, 5) is 38.2. The number of ether oxygens (including phenoxy) is 3. The molecule has 0 spiro atoms. The number of carbonyl (C=O) groups is 3. The van der Waals surface area contributed by atoms with E-state index < -0.39 is 6.10 Å². The van der Waals surface area contributed by atoms with E-state index in [-0.39, 0.29) is 37.5 Å². The van der Waals surface area contributed by atoms with Gasteiger partial charge < -0.3 is 14.2 Å². The van der Waals surface area contributed by atoms with Crippen molar-refractivity contribution in [3.63, 3.8) is 0 Å². The van der Waals surface area contributed by atoms with Crippen LogP contribution in [0.3, 0.4) is 0 Å². The predicted molar refractivity (Wildman–Crippen MR) is 339 cm³/mol. The fraction of sp³-hybridized carbons (Fsp3) is 0.764. The first-order valence-corrected chi connectivity index (χ1v) is 33.6. The molecule has 78 heavy (non-hydrogen) atoms. The Morgan fingerprint density at radius 1 is 0.269 bits per heavy atom. The number of carbonyl (C=O) groups excluding carboxylic acids is 3. The fourth-order valence-corrected chi connectivity index (χ4v) is 9.60. The van der Waals surface area contributed by atoms with E-state index in [1.54, 1.807) is 0 Å². The lowest BCUT2D eigenvalue weighted by Crippen LogP contribution is -2.30. The van der Waals surface area contributed by atoms with Crippen molar-refractivity contribution < 1.29 is 28.6 Å². The van der Waals surface area contributed by atoms with Crippen LogP contribution in [0.1, 0.15) is 335 Å². The van der Waals surface area contributed by atoms with Gasteiger partial charge in [0, 0.05) is 19.3 Å². The van der Waals surface area contributed by atoms with Gasteiger partial charge in [0.2, 0.25) is 0 Å². The number of hydrogen-bond acceptors (Lipinski definition) is 6. The summed E-state index contributed by atoms with van der Waals surface area (Å²) in [7, 11) is 0. The summed E-state index contributed by atoms with van der Waals surface area (Å²) in [5.41, 5.74) is 0. The molecule has 0 aliphatic heterocycles. The highest BCUT2D eigenvalue weighted by Crippen LogP contribution is 2.17. The van der Waals surface area contributed by atoms with Gasteiger partial charge in [-0.05, 0) is 103 Å².